The van der Waals surface area contributed by atoms with Crippen LogP contribution in [0.5, 0.6) is 0 Å². The van der Waals surface area contributed by atoms with E-state index in [9.17, 15) is 0 Å². The van der Waals surface area contributed by atoms with Gasteiger partial charge in [-0.25, -0.2) is 14.8 Å². The Balaban J connectivity index is 1.01. The van der Waals surface area contributed by atoms with Crippen LogP contribution in [0, 0.1) is 6.57 Å². The molecule has 0 spiro atoms. The highest BCUT2D eigenvalue weighted by molar-refractivity contribution is 5.92. The SMILES string of the molecule is [C-]#[N+]c1cccc2c1-c1cc(-c3ccc(-c4ccc(-c5cc(-c6ccccc6)nc(-c6ccc(-c7ccccc7)cc6)n5)cc4)cc3)ccc1C2(C)C. The summed E-state index contributed by atoms with van der Waals surface area (Å²) in [4.78, 5) is 14.0. The predicted octanol–water partition coefficient (Wildman–Crippen LogP) is 13.3. The lowest BCUT2D eigenvalue weighted by Crippen LogP contribution is -2.14. The lowest BCUT2D eigenvalue weighted by molar-refractivity contribution is 0.660. The number of rotatable bonds is 6. The molecule has 9 rings (SSSR count). The summed E-state index contributed by atoms with van der Waals surface area (Å²) in [6, 6.07) is 61.5. The molecule has 250 valence electrons. The Kier molecular flexibility index (Phi) is 7.87. The van der Waals surface area contributed by atoms with E-state index in [1.54, 1.807) is 0 Å². The van der Waals surface area contributed by atoms with Crippen molar-refractivity contribution < 1.29 is 0 Å². The van der Waals surface area contributed by atoms with Crippen molar-refractivity contribution in [3.8, 4) is 78.4 Å². The summed E-state index contributed by atoms with van der Waals surface area (Å²) in [5.41, 5.74) is 17.1. The first-order valence-corrected chi connectivity index (χ1v) is 17.9. The smallest absolute Gasteiger partial charge is 0.195 e. The quantitative estimate of drug-likeness (QED) is 0.164. The van der Waals surface area contributed by atoms with E-state index in [1.807, 2.05) is 36.4 Å². The summed E-state index contributed by atoms with van der Waals surface area (Å²) in [7, 11) is 0. The predicted molar refractivity (Wildman–Crippen MR) is 218 cm³/mol. The average molecular weight is 678 g/mol. The molecule has 3 nitrogen and oxygen atoms in total. The maximum absolute atomic E-state index is 7.81. The topological polar surface area (TPSA) is 30.1 Å². The normalized spacial score (nSPS) is 12.5. The molecule has 0 radical (unpaired) electrons. The molecule has 0 fully saturated rings. The van der Waals surface area contributed by atoms with Gasteiger partial charge in [0.15, 0.2) is 11.5 Å². The number of hydrogen-bond acceptors (Lipinski definition) is 2. The number of nitrogens with zero attached hydrogens (tertiary/aromatic N) is 3. The zero-order valence-electron chi connectivity index (χ0n) is 29.6. The van der Waals surface area contributed by atoms with Gasteiger partial charge in [-0.3, -0.25) is 0 Å². The van der Waals surface area contributed by atoms with Crippen molar-refractivity contribution in [3.05, 3.63) is 198 Å². The second-order valence-electron chi connectivity index (χ2n) is 14.1. The summed E-state index contributed by atoms with van der Waals surface area (Å²) >= 11 is 0. The van der Waals surface area contributed by atoms with Crippen molar-refractivity contribution in [2.45, 2.75) is 19.3 Å². The second-order valence-corrected chi connectivity index (χ2v) is 14.1. The molecule has 3 heteroatoms. The lowest BCUT2D eigenvalue weighted by atomic mass is 9.82. The van der Waals surface area contributed by atoms with Gasteiger partial charge in [-0.15, -0.1) is 0 Å². The largest absolute Gasteiger partial charge is 0.238 e. The number of benzene rings is 7. The van der Waals surface area contributed by atoms with E-state index >= 15 is 0 Å². The maximum atomic E-state index is 7.81. The van der Waals surface area contributed by atoms with Gasteiger partial charge in [0.25, 0.3) is 0 Å². The highest BCUT2D eigenvalue weighted by atomic mass is 14.9. The van der Waals surface area contributed by atoms with E-state index in [0.717, 1.165) is 67.1 Å². The maximum Gasteiger partial charge on any atom is 0.195 e. The summed E-state index contributed by atoms with van der Waals surface area (Å²) in [6.45, 7) is 12.3. The van der Waals surface area contributed by atoms with Gasteiger partial charge in [-0.1, -0.05) is 178 Å². The highest BCUT2D eigenvalue weighted by Gasteiger charge is 2.36. The summed E-state index contributed by atoms with van der Waals surface area (Å²) in [6.07, 6.45) is 0. The van der Waals surface area contributed by atoms with Crippen LogP contribution in [0.4, 0.5) is 5.69 Å². The molecule has 0 amide bonds. The third kappa shape index (κ3) is 5.81. The van der Waals surface area contributed by atoms with Crippen molar-refractivity contribution in [1.29, 1.82) is 0 Å². The first kappa shape index (κ1) is 32.0. The van der Waals surface area contributed by atoms with Crippen molar-refractivity contribution in [3.63, 3.8) is 0 Å². The van der Waals surface area contributed by atoms with E-state index in [0.29, 0.717) is 5.82 Å². The molecule has 8 aromatic rings. The fourth-order valence-electron chi connectivity index (χ4n) is 7.67. The molecule has 0 aliphatic heterocycles. The van der Waals surface area contributed by atoms with E-state index in [-0.39, 0.29) is 5.41 Å². The van der Waals surface area contributed by atoms with E-state index in [1.165, 1.54) is 22.3 Å². The molecule has 53 heavy (non-hydrogen) atoms. The summed E-state index contributed by atoms with van der Waals surface area (Å²) in [5, 5.41) is 0. The van der Waals surface area contributed by atoms with Crippen molar-refractivity contribution in [2.24, 2.45) is 0 Å². The molecule has 0 bridgehead atoms. The third-order valence-electron chi connectivity index (χ3n) is 10.6. The van der Waals surface area contributed by atoms with Crippen LogP contribution in [0.1, 0.15) is 25.0 Å². The minimum Gasteiger partial charge on any atom is -0.238 e. The molecular weight excluding hydrogens is 643 g/mol. The Morgan fingerprint density at radius 3 is 1.43 bits per heavy atom. The van der Waals surface area contributed by atoms with Gasteiger partial charge in [-0.2, -0.15) is 0 Å². The fraction of sp³-hybridized carbons (Fsp3) is 0.0600. The average Bonchev–Trinajstić information content (AvgIpc) is 3.47. The van der Waals surface area contributed by atoms with Gasteiger partial charge < -0.3 is 0 Å². The first-order valence-electron chi connectivity index (χ1n) is 17.9. The monoisotopic (exact) mass is 677 g/mol. The van der Waals surface area contributed by atoms with E-state index < -0.39 is 0 Å². The van der Waals surface area contributed by atoms with Crippen molar-refractivity contribution in [2.75, 3.05) is 0 Å². The number of hydrogen-bond donors (Lipinski definition) is 0. The van der Waals surface area contributed by atoms with E-state index in [4.69, 9.17) is 16.5 Å². The minimum absolute atomic E-state index is 0.134. The van der Waals surface area contributed by atoms with Gasteiger partial charge in [-0.05, 0) is 67.8 Å². The molecule has 0 saturated carbocycles. The molecule has 0 N–H and O–H groups in total. The number of aromatic nitrogens is 2. The van der Waals surface area contributed by atoms with E-state index in [2.05, 4.69) is 158 Å². The minimum atomic E-state index is -0.134. The summed E-state index contributed by atoms with van der Waals surface area (Å²) in [5.74, 6) is 0.699. The second kappa shape index (κ2) is 13.0. The molecular formula is C50H35N3. The van der Waals surface area contributed by atoms with Gasteiger partial charge in [0.1, 0.15) is 0 Å². The Morgan fingerprint density at radius 1 is 0.415 bits per heavy atom. The van der Waals surface area contributed by atoms with Crippen LogP contribution < -0.4 is 0 Å². The zero-order chi connectivity index (χ0) is 35.9. The first-order chi connectivity index (χ1) is 26.0. The van der Waals surface area contributed by atoms with Crippen LogP contribution in [0.3, 0.4) is 0 Å². The number of fused-ring (bicyclic) bond motifs is 3. The van der Waals surface area contributed by atoms with Crippen molar-refractivity contribution in [1.82, 2.24) is 9.97 Å². The van der Waals surface area contributed by atoms with Gasteiger partial charge in [0.05, 0.1) is 18.0 Å². The van der Waals surface area contributed by atoms with Gasteiger partial charge >= 0.3 is 0 Å². The van der Waals surface area contributed by atoms with Crippen LogP contribution in [-0.2, 0) is 5.41 Å². The lowest BCUT2D eigenvalue weighted by Gasteiger charge is -2.21. The van der Waals surface area contributed by atoms with Crippen molar-refractivity contribution >= 4 is 5.69 Å². The fourth-order valence-corrected chi connectivity index (χ4v) is 7.67. The molecule has 1 heterocycles. The standard InChI is InChI=1S/C50H35N3/c1-50(2)43-30-29-41(31-42(43)48-44(50)15-10-16-45(48)51-3)37-19-17-35(18-20-37)36-21-25-39(26-22-36)47-32-46(38-13-8-5-9-14-38)52-49(53-47)40-27-23-34(24-28-40)33-11-6-4-7-12-33/h4-32H,1-2H3. The molecule has 1 aliphatic rings. The highest BCUT2D eigenvalue weighted by Crippen LogP contribution is 2.53. The molecule has 7 aromatic carbocycles. The van der Waals surface area contributed by atoms with Crippen LogP contribution in [0.2, 0.25) is 0 Å². The van der Waals surface area contributed by atoms with Crippen LogP contribution >= 0.6 is 0 Å². The van der Waals surface area contributed by atoms with Crippen LogP contribution in [0.15, 0.2) is 176 Å². The molecule has 0 atom stereocenters. The Hall–Kier alpha value is -6.89. The molecule has 1 aliphatic carbocycles. The molecule has 1 aromatic heterocycles. The zero-order valence-corrected chi connectivity index (χ0v) is 29.6. The Labute approximate surface area is 310 Å². The molecule has 0 unspecified atom stereocenters. The Bertz CT molecular complexity index is 2650. The summed E-state index contributed by atoms with van der Waals surface area (Å²) < 4.78 is 0. The molecule has 0 saturated heterocycles. The van der Waals surface area contributed by atoms with Gasteiger partial charge in [0.2, 0.25) is 0 Å². The van der Waals surface area contributed by atoms with Crippen LogP contribution in [0.25, 0.3) is 83.3 Å². The van der Waals surface area contributed by atoms with Gasteiger partial charge in [0, 0.05) is 22.1 Å². The Morgan fingerprint density at radius 2 is 0.868 bits per heavy atom. The van der Waals surface area contributed by atoms with Crippen LogP contribution in [-0.4, -0.2) is 9.97 Å². The third-order valence-corrected chi connectivity index (χ3v) is 10.6.